The molecule has 4 nitrogen and oxygen atoms in total. The van der Waals surface area contributed by atoms with E-state index in [-0.39, 0.29) is 5.91 Å². The first-order valence-corrected chi connectivity index (χ1v) is 9.72. The number of aromatic nitrogens is 1. The summed E-state index contributed by atoms with van der Waals surface area (Å²) in [4.78, 5) is 21.3. The van der Waals surface area contributed by atoms with Crippen molar-refractivity contribution < 1.29 is 4.79 Å². The summed E-state index contributed by atoms with van der Waals surface area (Å²) >= 11 is 0. The van der Waals surface area contributed by atoms with Gasteiger partial charge in [0.15, 0.2) is 0 Å². The number of hydrogen-bond donors (Lipinski definition) is 0. The second kappa shape index (κ2) is 9.48. The van der Waals surface area contributed by atoms with E-state index in [1.54, 1.807) is 0 Å². The quantitative estimate of drug-likeness (QED) is 0.768. The molecule has 26 heavy (non-hydrogen) atoms. The maximum atomic E-state index is 12.6. The lowest BCUT2D eigenvalue weighted by Crippen LogP contribution is -2.48. The molecule has 0 radical (unpaired) electrons. The van der Waals surface area contributed by atoms with E-state index in [1.165, 1.54) is 18.4 Å². The lowest BCUT2D eigenvalue weighted by atomic mass is 10.0. The zero-order valence-electron chi connectivity index (χ0n) is 15.7. The fourth-order valence-corrected chi connectivity index (χ4v) is 3.37. The topological polar surface area (TPSA) is 36.4 Å². The minimum atomic E-state index is 0.240. The van der Waals surface area contributed by atoms with Crippen molar-refractivity contribution >= 4 is 5.91 Å². The lowest BCUT2D eigenvalue weighted by molar-refractivity contribution is -0.132. The smallest absolute Gasteiger partial charge is 0.227 e. The summed E-state index contributed by atoms with van der Waals surface area (Å²) in [6.45, 7) is 6.52. The molecule has 0 saturated carbocycles. The lowest BCUT2D eigenvalue weighted by Gasteiger charge is -2.34. The second-order valence-electron chi connectivity index (χ2n) is 7.07. The predicted octanol–water partition coefficient (Wildman–Crippen LogP) is 3.31. The van der Waals surface area contributed by atoms with Crippen LogP contribution in [0.15, 0.2) is 48.7 Å². The maximum absolute atomic E-state index is 12.6. The molecule has 4 heteroatoms. The van der Waals surface area contributed by atoms with E-state index >= 15 is 0 Å². The van der Waals surface area contributed by atoms with Gasteiger partial charge >= 0.3 is 0 Å². The van der Waals surface area contributed by atoms with Crippen molar-refractivity contribution in [3.63, 3.8) is 0 Å². The van der Waals surface area contributed by atoms with E-state index in [2.05, 4.69) is 47.1 Å². The van der Waals surface area contributed by atoms with E-state index in [0.29, 0.717) is 6.42 Å². The van der Waals surface area contributed by atoms with Gasteiger partial charge in [-0.05, 0) is 36.1 Å². The first-order valence-electron chi connectivity index (χ1n) is 9.72. The molecule has 0 unspecified atom stereocenters. The number of carbonyl (C=O) groups is 1. The molecule has 0 spiro atoms. The van der Waals surface area contributed by atoms with Gasteiger partial charge in [0.1, 0.15) is 0 Å². The summed E-state index contributed by atoms with van der Waals surface area (Å²) in [6.07, 6.45) is 5.91. The third kappa shape index (κ3) is 5.40. The molecular formula is C22H29N3O. The van der Waals surface area contributed by atoms with Crippen LogP contribution in [0.25, 0.3) is 0 Å². The van der Waals surface area contributed by atoms with Crippen LogP contribution in [0, 0.1) is 0 Å². The third-order valence-corrected chi connectivity index (χ3v) is 5.03. The van der Waals surface area contributed by atoms with Gasteiger partial charge in [0.25, 0.3) is 0 Å². The molecule has 2 heterocycles. The summed E-state index contributed by atoms with van der Waals surface area (Å²) in [5.74, 6) is 0.240. The summed E-state index contributed by atoms with van der Waals surface area (Å²) in [5, 5.41) is 0. The Bertz CT molecular complexity index is 676. The van der Waals surface area contributed by atoms with Crippen molar-refractivity contribution in [1.29, 1.82) is 0 Å². The van der Waals surface area contributed by atoms with Gasteiger partial charge in [-0.25, -0.2) is 0 Å². The van der Waals surface area contributed by atoms with Crippen LogP contribution in [0.1, 0.15) is 36.6 Å². The van der Waals surface area contributed by atoms with Crippen molar-refractivity contribution in [2.45, 2.75) is 39.2 Å². The average molecular weight is 351 g/mol. The maximum Gasteiger partial charge on any atom is 0.227 e. The highest BCUT2D eigenvalue weighted by Gasteiger charge is 2.21. The molecule has 138 valence electrons. The number of nitrogens with zero attached hydrogens (tertiary/aromatic N) is 3. The number of amides is 1. The molecule has 1 fully saturated rings. The summed E-state index contributed by atoms with van der Waals surface area (Å²) in [6, 6.07) is 14.6. The molecule has 1 aliphatic heterocycles. The zero-order valence-corrected chi connectivity index (χ0v) is 15.7. The number of rotatable bonds is 7. The Morgan fingerprint density at radius 3 is 2.38 bits per heavy atom. The molecule has 0 N–H and O–H groups in total. The number of piperazine rings is 1. The average Bonchev–Trinajstić information content (AvgIpc) is 2.69. The number of pyridine rings is 1. The van der Waals surface area contributed by atoms with Crippen molar-refractivity contribution in [2.75, 3.05) is 26.2 Å². The summed E-state index contributed by atoms with van der Waals surface area (Å²) < 4.78 is 0. The van der Waals surface area contributed by atoms with Crippen molar-refractivity contribution in [3.8, 4) is 0 Å². The molecule has 1 aromatic heterocycles. The number of hydrogen-bond acceptors (Lipinski definition) is 3. The molecule has 0 atom stereocenters. The molecule has 3 rings (SSSR count). The molecular weight excluding hydrogens is 322 g/mol. The van der Waals surface area contributed by atoms with Crippen molar-refractivity contribution in [3.05, 3.63) is 65.5 Å². The van der Waals surface area contributed by atoms with Crippen molar-refractivity contribution in [2.24, 2.45) is 0 Å². The molecule has 1 amide bonds. The fourth-order valence-electron chi connectivity index (χ4n) is 3.37. The Hall–Kier alpha value is -2.20. The molecule has 0 bridgehead atoms. The van der Waals surface area contributed by atoms with Crippen LogP contribution >= 0.6 is 0 Å². The normalized spacial score (nSPS) is 15.2. The number of aryl methyl sites for hydroxylation is 1. The monoisotopic (exact) mass is 351 g/mol. The van der Waals surface area contributed by atoms with Gasteiger partial charge in [0.05, 0.1) is 12.1 Å². The van der Waals surface area contributed by atoms with Gasteiger partial charge in [0.2, 0.25) is 5.91 Å². The number of unbranched alkanes of at least 4 members (excludes halogenated alkanes) is 1. The number of carbonyl (C=O) groups excluding carboxylic acids is 1. The summed E-state index contributed by atoms with van der Waals surface area (Å²) in [5.41, 5.74) is 3.58. The molecule has 0 aliphatic carbocycles. The van der Waals surface area contributed by atoms with Gasteiger partial charge < -0.3 is 4.90 Å². The zero-order chi connectivity index (χ0) is 18.2. The van der Waals surface area contributed by atoms with Gasteiger partial charge in [-0.2, -0.15) is 0 Å². The van der Waals surface area contributed by atoms with E-state index in [0.717, 1.165) is 50.4 Å². The second-order valence-corrected chi connectivity index (χ2v) is 7.07. The highest BCUT2D eigenvalue weighted by atomic mass is 16.2. The van der Waals surface area contributed by atoms with E-state index in [1.807, 2.05) is 23.2 Å². The minimum absolute atomic E-state index is 0.240. The Balaban J connectivity index is 1.44. The Morgan fingerprint density at radius 2 is 1.73 bits per heavy atom. The number of benzene rings is 1. The first-order chi connectivity index (χ1) is 12.7. The van der Waals surface area contributed by atoms with Gasteiger partial charge in [-0.1, -0.05) is 43.7 Å². The highest BCUT2D eigenvalue weighted by molar-refractivity contribution is 5.78. The van der Waals surface area contributed by atoms with Gasteiger partial charge in [-0.3, -0.25) is 14.7 Å². The largest absolute Gasteiger partial charge is 0.340 e. The van der Waals surface area contributed by atoms with E-state index in [9.17, 15) is 4.79 Å². The molecule has 1 saturated heterocycles. The van der Waals surface area contributed by atoms with E-state index in [4.69, 9.17) is 0 Å². The highest BCUT2D eigenvalue weighted by Crippen LogP contribution is 2.12. The predicted molar refractivity (Wildman–Crippen MR) is 105 cm³/mol. The third-order valence-electron chi connectivity index (χ3n) is 5.03. The van der Waals surface area contributed by atoms with Gasteiger partial charge in [0, 0.05) is 38.9 Å². The van der Waals surface area contributed by atoms with Crippen LogP contribution in [0.2, 0.25) is 0 Å². The van der Waals surface area contributed by atoms with Crippen LogP contribution in [0.4, 0.5) is 0 Å². The van der Waals surface area contributed by atoms with E-state index < -0.39 is 0 Å². The van der Waals surface area contributed by atoms with Crippen LogP contribution in [0.3, 0.4) is 0 Å². The molecule has 2 aromatic rings. The van der Waals surface area contributed by atoms with Crippen LogP contribution < -0.4 is 0 Å². The molecule has 1 aromatic carbocycles. The Kier molecular flexibility index (Phi) is 6.78. The Labute approximate surface area is 156 Å². The van der Waals surface area contributed by atoms with Crippen LogP contribution in [0.5, 0.6) is 0 Å². The minimum Gasteiger partial charge on any atom is -0.340 e. The van der Waals surface area contributed by atoms with Gasteiger partial charge in [-0.15, -0.1) is 0 Å². The van der Waals surface area contributed by atoms with Crippen LogP contribution in [-0.2, 0) is 24.2 Å². The summed E-state index contributed by atoms with van der Waals surface area (Å²) in [7, 11) is 0. The Morgan fingerprint density at radius 1 is 1.00 bits per heavy atom. The SMILES string of the molecule is CCCCc1ccc(CC(=O)N2CCN(Cc3ccccn3)CC2)cc1. The van der Waals surface area contributed by atoms with Crippen molar-refractivity contribution in [1.82, 2.24) is 14.8 Å². The standard InChI is InChI=1S/C22H29N3O/c1-2-3-6-19-8-10-20(11-9-19)17-22(26)25-15-13-24(14-16-25)18-21-7-4-5-12-23-21/h4-5,7-12H,2-3,6,13-18H2,1H3. The van der Waals surface area contributed by atoms with Crippen LogP contribution in [-0.4, -0.2) is 46.9 Å². The fraction of sp³-hybridized carbons (Fsp3) is 0.455. The first kappa shape index (κ1) is 18.6. The molecule has 1 aliphatic rings.